The number of nitrogens with one attached hydrogen (secondary N) is 1. The highest BCUT2D eigenvalue weighted by Crippen LogP contribution is 2.29. The van der Waals surface area contributed by atoms with E-state index in [1.54, 1.807) is 0 Å². The molecule has 1 N–H and O–H groups in total. The summed E-state index contributed by atoms with van der Waals surface area (Å²) in [5.41, 5.74) is 2.88. The first-order chi connectivity index (χ1) is 10.1. The summed E-state index contributed by atoms with van der Waals surface area (Å²) in [6.07, 6.45) is -0.468. The molecule has 0 spiro atoms. The monoisotopic (exact) mass is 281 g/mol. The molecule has 108 valence electrons. The van der Waals surface area contributed by atoms with Crippen molar-refractivity contribution in [3.8, 4) is 5.75 Å². The second-order valence-electron chi connectivity index (χ2n) is 5.62. The molecule has 0 fully saturated rings. The van der Waals surface area contributed by atoms with Gasteiger partial charge in [-0.25, -0.2) is 0 Å². The van der Waals surface area contributed by atoms with Crippen molar-refractivity contribution in [1.29, 1.82) is 0 Å². The van der Waals surface area contributed by atoms with E-state index in [0.717, 1.165) is 11.4 Å². The Balaban J connectivity index is 1.77. The highest BCUT2D eigenvalue weighted by molar-refractivity contribution is 6.00. The number of benzene rings is 2. The van der Waals surface area contributed by atoms with E-state index in [0.29, 0.717) is 18.0 Å². The van der Waals surface area contributed by atoms with Crippen LogP contribution in [0.2, 0.25) is 0 Å². The van der Waals surface area contributed by atoms with Gasteiger partial charge in [-0.15, -0.1) is 0 Å². The van der Waals surface area contributed by atoms with Crippen LogP contribution in [0.15, 0.2) is 48.5 Å². The normalized spacial score (nSPS) is 16.8. The Labute approximate surface area is 124 Å². The van der Waals surface area contributed by atoms with Gasteiger partial charge in [0.2, 0.25) is 5.78 Å². The Morgan fingerprint density at radius 1 is 1.14 bits per heavy atom. The summed E-state index contributed by atoms with van der Waals surface area (Å²) in [5.74, 6) is 1.22. The fourth-order valence-corrected chi connectivity index (χ4v) is 2.48. The number of hydrogen-bond donors (Lipinski definition) is 1. The number of ether oxygens (including phenoxy) is 1. The molecule has 3 heteroatoms. The van der Waals surface area contributed by atoms with Crippen molar-refractivity contribution >= 4 is 11.5 Å². The van der Waals surface area contributed by atoms with E-state index in [9.17, 15) is 4.79 Å². The van der Waals surface area contributed by atoms with Gasteiger partial charge in [-0.1, -0.05) is 50.2 Å². The summed E-state index contributed by atoms with van der Waals surface area (Å²) in [4.78, 5) is 12.5. The van der Waals surface area contributed by atoms with Crippen LogP contribution >= 0.6 is 0 Å². The van der Waals surface area contributed by atoms with Crippen molar-refractivity contribution in [2.75, 3.05) is 11.9 Å². The Bertz CT molecular complexity index is 647. The average molecular weight is 281 g/mol. The van der Waals surface area contributed by atoms with Crippen LogP contribution in [0.1, 0.15) is 35.7 Å². The molecule has 21 heavy (non-hydrogen) atoms. The zero-order valence-electron chi connectivity index (χ0n) is 12.3. The number of carbonyl (C=O) groups excluding carboxylic acids is 1. The van der Waals surface area contributed by atoms with Crippen LogP contribution in [-0.2, 0) is 0 Å². The number of hydrogen-bond acceptors (Lipinski definition) is 3. The molecule has 1 heterocycles. The topological polar surface area (TPSA) is 38.3 Å². The van der Waals surface area contributed by atoms with Crippen molar-refractivity contribution in [3.05, 3.63) is 59.7 Å². The molecule has 1 unspecified atom stereocenters. The standard InChI is InChI=1S/C18H19NO2/c1-12(2)13-7-9-14(10-8-13)18(20)17-11-19-15-5-3-4-6-16(15)21-17/h3-10,12,17,19H,11H2,1-2H3. The van der Waals surface area contributed by atoms with Gasteiger partial charge in [0.15, 0.2) is 6.10 Å². The predicted molar refractivity (Wildman–Crippen MR) is 84.2 cm³/mol. The van der Waals surface area contributed by atoms with Gasteiger partial charge in [0.1, 0.15) is 5.75 Å². The summed E-state index contributed by atoms with van der Waals surface area (Å²) in [7, 11) is 0. The van der Waals surface area contributed by atoms with Crippen LogP contribution in [0, 0.1) is 0 Å². The van der Waals surface area contributed by atoms with Gasteiger partial charge >= 0.3 is 0 Å². The lowest BCUT2D eigenvalue weighted by Gasteiger charge is -2.26. The van der Waals surface area contributed by atoms with E-state index in [1.807, 2.05) is 48.5 Å². The second-order valence-corrected chi connectivity index (χ2v) is 5.62. The average Bonchev–Trinajstić information content (AvgIpc) is 2.54. The van der Waals surface area contributed by atoms with Gasteiger partial charge in [-0.2, -0.15) is 0 Å². The number of rotatable bonds is 3. The first-order valence-electron chi connectivity index (χ1n) is 7.29. The molecule has 3 nitrogen and oxygen atoms in total. The lowest BCUT2D eigenvalue weighted by Crippen LogP contribution is -2.37. The predicted octanol–water partition coefficient (Wildman–Crippen LogP) is 3.87. The van der Waals surface area contributed by atoms with Crippen LogP contribution < -0.4 is 10.1 Å². The first-order valence-corrected chi connectivity index (χ1v) is 7.29. The lowest BCUT2D eigenvalue weighted by atomic mass is 9.98. The van der Waals surface area contributed by atoms with Gasteiger partial charge in [0.25, 0.3) is 0 Å². The van der Waals surface area contributed by atoms with Crippen molar-refractivity contribution < 1.29 is 9.53 Å². The molecule has 2 aromatic rings. The van der Waals surface area contributed by atoms with Gasteiger partial charge in [-0.3, -0.25) is 4.79 Å². The number of anilines is 1. The van der Waals surface area contributed by atoms with E-state index in [-0.39, 0.29) is 5.78 Å². The quantitative estimate of drug-likeness (QED) is 0.868. The fourth-order valence-electron chi connectivity index (χ4n) is 2.48. The summed E-state index contributed by atoms with van der Waals surface area (Å²) >= 11 is 0. The summed E-state index contributed by atoms with van der Waals surface area (Å²) in [6.45, 7) is 4.78. The third kappa shape index (κ3) is 2.77. The van der Waals surface area contributed by atoms with Crippen molar-refractivity contribution in [1.82, 2.24) is 0 Å². The van der Waals surface area contributed by atoms with Gasteiger partial charge in [0, 0.05) is 5.56 Å². The summed E-state index contributed by atoms with van der Waals surface area (Å²) in [6, 6.07) is 15.5. The van der Waals surface area contributed by atoms with E-state index in [2.05, 4.69) is 19.2 Å². The number of fused-ring (bicyclic) bond motifs is 1. The van der Waals surface area contributed by atoms with Crippen molar-refractivity contribution in [3.63, 3.8) is 0 Å². The van der Waals surface area contributed by atoms with E-state index in [1.165, 1.54) is 5.56 Å². The Morgan fingerprint density at radius 3 is 2.57 bits per heavy atom. The van der Waals surface area contributed by atoms with Gasteiger partial charge in [0.05, 0.1) is 12.2 Å². The zero-order valence-corrected chi connectivity index (χ0v) is 12.3. The van der Waals surface area contributed by atoms with Crippen LogP contribution in [0.4, 0.5) is 5.69 Å². The molecule has 0 aromatic heterocycles. The van der Waals surface area contributed by atoms with Gasteiger partial charge in [-0.05, 0) is 23.6 Å². The first kappa shape index (κ1) is 13.7. The molecule has 3 rings (SSSR count). The SMILES string of the molecule is CC(C)c1ccc(C(=O)C2CNc3ccccc3O2)cc1. The fraction of sp³-hybridized carbons (Fsp3) is 0.278. The molecule has 0 bridgehead atoms. The molecule has 0 saturated carbocycles. The van der Waals surface area contributed by atoms with Gasteiger partial charge < -0.3 is 10.1 Å². The molecular weight excluding hydrogens is 262 g/mol. The van der Waals surface area contributed by atoms with Crippen LogP contribution in [0.3, 0.4) is 0 Å². The lowest BCUT2D eigenvalue weighted by molar-refractivity contribution is 0.0801. The third-order valence-corrected chi connectivity index (χ3v) is 3.79. The largest absolute Gasteiger partial charge is 0.478 e. The maximum absolute atomic E-state index is 12.5. The Morgan fingerprint density at radius 2 is 1.86 bits per heavy atom. The molecule has 1 aliphatic rings. The van der Waals surface area contributed by atoms with Crippen LogP contribution in [0.5, 0.6) is 5.75 Å². The number of Topliss-reactive ketones (excluding diaryl/α,β-unsaturated/α-hetero) is 1. The van der Waals surface area contributed by atoms with Crippen molar-refractivity contribution in [2.45, 2.75) is 25.9 Å². The number of ketones is 1. The Hall–Kier alpha value is -2.29. The maximum atomic E-state index is 12.5. The molecule has 0 aliphatic carbocycles. The molecule has 2 aromatic carbocycles. The minimum Gasteiger partial charge on any atom is -0.478 e. The summed E-state index contributed by atoms with van der Waals surface area (Å²) < 4.78 is 5.81. The second kappa shape index (κ2) is 5.60. The molecule has 1 atom stereocenters. The van der Waals surface area contributed by atoms with Crippen molar-refractivity contribution in [2.24, 2.45) is 0 Å². The molecule has 0 saturated heterocycles. The smallest absolute Gasteiger partial charge is 0.205 e. The van der Waals surface area contributed by atoms with Crippen LogP contribution in [-0.4, -0.2) is 18.4 Å². The highest BCUT2D eigenvalue weighted by atomic mass is 16.5. The van der Waals surface area contributed by atoms with E-state index in [4.69, 9.17) is 4.74 Å². The van der Waals surface area contributed by atoms with E-state index >= 15 is 0 Å². The summed E-state index contributed by atoms with van der Waals surface area (Å²) in [5, 5.41) is 3.25. The number of carbonyl (C=O) groups is 1. The number of para-hydroxylation sites is 2. The van der Waals surface area contributed by atoms with E-state index < -0.39 is 6.10 Å². The molecular formula is C18H19NO2. The molecule has 0 radical (unpaired) electrons. The Kier molecular flexibility index (Phi) is 3.65. The molecule has 0 amide bonds. The molecule has 1 aliphatic heterocycles. The minimum absolute atomic E-state index is 0.0207. The minimum atomic E-state index is -0.468. The highest BCUT2D eigenvalue weighted by Gasteiger charge is 2.26. The zero-order chi connectivity index (χ0) is 14.8. The van der Waals surface area contributed by atoms with Crippen LogP contribution in [0.25, 0.3) is 0 Å². The third-order valence-electron chi connectivity index (χ3n) is 3.79. The maximum Gasteiger partial charge on any atom is 0.205 e.